The van der Waals surface area contributed by atoms with Gasteiger partial charge in [-0.1, -0.05) is 26.7 Å². The summed E-state index contributed by atoms with van der Waals surface area (Å²) in [7, 11) is -1.89. The minimum atomic E-state index is -1.89. The lowest BCUT2D eigenvalue weighted by molar-refractivity contribution is -0.170. The molecule has 0 bridgehead atoms. The van der Waals surface area contributed by atoms with E-state index in [1.807, 2.05) is 13.8 Å². The van der Waals surface area contributed by atoms with E-state index in [0.717, 1.165) is 0 Å². The van der Waals surface area contributed by atoms with E-state index < -0.39 is 26.5 Å². The average Bonchev–Trinajstić information content (AvgIpc) is 2.37. The Morgan fingerprint density at radius 3 is 2.18 bits per heavy atom. The van der Waals surface area contributed by atoms with Crippen molar-refractivity contribution in [2.24, 2.45) is 0 Å². The predicted molar refractivity (Wildman–Crippen MR) is 70.9 cm³/mol. The van der Waals surface area contributed by atoms with Crippen LogP contribution >= 0.6 is 0 Å². The van der Waals surface area contributed by atoms with Crippen LogP contribution in [0.25, 0.3) is 0 Å². The highest BCUT2D eigenvalue weighted by Gasteiger charge is 2.47. The van der Waals surface area contributed by atoms with Gasteiger partial charge < -0.3 is 13.9 Å². The third-order valence-corrected chi connectivity index (χ3v) is 7.87. The van der Waals surface area contributed by atoms with Crippen LogP contribution in [0.1, 0.15) is 34.6 Å². The Balaban J connectivity index is 2.79. The summed E-state index contributed by atoms with van der Waals surface area (Å²) in [6.45, 7) is 14.6. The molecule has 1 heterocycles. The van der Waals surface area contributed by atoms with Gasteiger partial charge in [-0.3, -0.25) is 0 Å². The lowest BCUT2D eigenvalue weighted by Gasteiger charge is -2.38. The van der Waals surface area contributed by atoms with Crippen molar-refractivity contribution >= 4 is 8.32 Å². The van der Waals surface area contributed by atoms with Gasteiger partial charge in [-0.25, -0.2) is 0 Å². The zero-order valence-corrected chi connectivity index (χ0v) is 13.0. The molecule has 0 amide bonds. The molecule has 1 saturated heterocycles. The molecule has 3 nitrogen and oxygen atoms in total. The summed E-state index contributed by atoms with van der Waals surface area (Å²) >= 11 is 0. The van der Waals surface area contributed by atoms with Gasteiger partial charge in [0, 0.05) is 0 Å². The van der Waals surface area contributed by atoms with Gasteiger partial charge in [0.15, 0.2) is 26.5 Å². The molecule has 0 unspecified atom stereocenters. The standard InChI is InChI=1S/C13H24O3Si/c1-9-10-11(15-13(5,6)14-10)16-17(7,8)12(2,3)4/h1,10-11H,2-8H3/t10-,11-/m1/s1. The molecule has 1 fully saturated rings. The van der Waals surface area contributed by atoms with E-state index in [0.29, 0.717) is 0 Å². The Hall–Kier alpha value is -0.343. The molecule has 1 aliphatic heterocycles. The summed E-state index contributed by atoms with van der Waals surface area (Å²) in [5.74, 6) is 1.93. The topological polar surface area (TPSA) is 27.7 Å². The molecular weight excluding hydrogens is 232 g/mol. The molecular formula is C13H24O3Si. The van der Waals surface area contributed by atoms with Crippen LogP contribution in [0.2, 0.25) is 18.1 Å². The van der Waals surface area contributed by atoms with Crippen molar-refractivity contribution in [1.29, 1.82) is 0 Å². The molecule has 1 aliphatic rings. The first kappa shape index (κ1) is 14.7. The van der Waals surface area contributed by atoms with E-state index in [2.05, 4.69) is 39.8 Å². The van der Waals surface area contributed by atoms with Crippen LogP contribution in [0.3, 0.4) is 0 Å². The molecule has 0 N–H and O–H groups in total. The Kier molecular flexibility index (Phi) is 3.81. The molecule has 98 valence electrons. The SMILES string of the molecule is C#C[C@H]1OC(C)(C)O[C@@H]1O[Si](C)(C)C(C)(C)C. The van der Waals surface area contributed by atoms with Gasteiger partial charge in [-0.15, -0.1) is 6.42 Å². The normalized spacial score (nSPS) is 29.1. The lowest BCUT2D eigenvalue weighted by atomic mass is 10.2. The molecule has 4 heteroatoms. The van der Waals surface area contributed by atoms with Crippen molar-refractivity contribution in [3.05, 3.63) is 0 Å². The van der Waals surface area contributed by atoms with Gasteiger partial charge in [-0.05, 0) is 32.0 Å². The monoisotopic (exact) mass is 256 g/mol. The molecule has 0 aliphatic carbocycles. The van der Waals surface area contributed by atoms with Crippen LogP contribution < -0.4 is 0 Å². The van der Waals surface area contributed by atoms with Crippen molar-refractivity contribution in [3.8, 4) is 12.3 Å². The van der Waals surface area contributed by atoms with Crippen molar-refractivity contribution in [1.82, 2.24) is 0 Å². The van der Waals surface area contributed by atoms with Gasteiger partial charge >= 0.3 is 0 Å². The highest BCUT2D eigenvalue weighted by molar-refractivity contribution is 6.74. The minimum absolute atomic E-state index is 0.127. The smallest absolute Gasteiger partial charge is 0.195 e. The average molecular weight is 256 g/mol. The Labute approximate surface area is 106 Å². The van der Waals surface area contributed by atoms with Crippen molar-refractivity contribution in [2.45, 2.75) is 70.9 Å². The first-order valence-electron chi connectivity index (χ1n) is 5.98. The zero-order valence-electron chi connectivity index (χ0n) is 12.0. The fraction of sp³-hybridized carbons (Fsp3) is 0.846. The fourth-order valence-corrected chi connectivity index (χ4v) is 2.50. The van der Waals surface area contributed by atoms with Crippen LogP contribution in [-0.2, 0) is 13.9 Å². The van der Waals surface area contributed by atoms with Gasteiger partial charge in [-0.2, -0.15) is 0 Å². The second-order valence-corrected chi connectivity index (χ2v) is 11.2. The van der Waals surface area contributed by atoms with Crippen LogP contribution in [0.5, 0.6) is 0 Å². The van der Waals surface area contributed by atoms with E-state index in [1.165, 1.54) is 0 Å². The van der Waals surface area contributed by atoms with Crippen molar-refractivity contribution in [3.63, 3.8) is 0 Å². The number of hydrogen-bond acceptors (Lipinski definition) is 3. The maximum atomic E-state index is 6.15. The molecule has 0 aromatic rings. The molecule has 0 aromatic carbocycles. The van der Waals surface area contributed by atoms with Crippen LogP contribution in [0.4, 0.5) is 0 Å². The Morgan fingerprint density at radius 2 is 1.76 bits per heavy atom. The first-order valence-corrected chi connectivity index (χ1v) is 8.89. The van der Waals surface area contributed by atoms with Gasteiger partial charge in [0.1, 0.15) is 0 Å². The molecule has 17 heavy (non-hydrogen) atoms. The minimum Gasteiger partial charge on any atom is -0.390 e. The molecule has 0 radical (unpaired) electrons. The molecule has 0 spiro atoms. The predicted octanol–water partition coefficient (Wildman–Crippen LogP) is 3.12. The molecule has 0 saturated carbocycles. The highest BCUT2D eigenvalue weighted by Crippen LogP contribution is 2.40. The number of terminal acetylenes is 1. The summed E-state index contributed by atoms with van der Waals surface area (Å²) in [4.78, 5) is 0. The van der Waals surface area contributed by atoms with E-state index >= 15 is 0 Å². The fourth-order valence-electron chi connectivity index (χ4n) is 1.40. The number of rotatable bonds is 2. The Morgan fingerprint density at radius 1 is 1.24 bits per heavy atom. The van der Waals surface area contributed by atoms with Gasteiger partial charge in [0.2, 0.25) is 0 Å². The summed E-state index contributed by atoms with van der Waals surface area (Å²) in [6.07, 6.45) is 4.59. The summed E-state index contributed by atoms with van der Waals surface area (Å²) in [5, 5.41) is 0.127. The number of hydrogen-bond donors (Lipinski definition) is 0. The lowest BCUT2D eigenvalue weighted by Crippen LogP contribution is -2.46. The van der Waals surface area contributed by atoms with Gasteiger partial charge in [0.05, 0.1) is 0 Å². The summed E-state index contributed by atoms with van der Waals surface area (Å²) in [6, 6.07) is 0. The maximum absolute atomic E-state index is 6.15. The Bertz CT molecular complexity index is 323. The molecule has 2 atom stereocenters. The summed E-state index contributed by atoms with van der Waals surface area (Å²) in [5.41, 5.74) is 0. The maximum Gasteiger partial charge on any atom is 0.195 e. The van der Waals surface area contributed by atoms with Crippen LogP contribution in [0.15, 0.2) is 0 Å². The van der Waals surface area contributed by atoms with Crippen LogP contribution in [0, 0.1) is 12.3 Å². The second kappa shape index (κ2) is 4.40. The largest absolute Gasteiger partial charge is 0.390 e. The third-order valence-electron chi connectivity index (χ3n) is 3.44. The molecule has 0 aromatic heterocycles. The van der Waals surface area contributed by atoms with Crippen LogP contribution in [-0.4, -0.2) is 26.5 Å². The second-order valence-electron chi connectivity index (χ2n) is 6.47. The van der Waals surface area contributed by atoms with E-state index in [1.54, 1.807) is 0 Å². The quantitative estimate of drug-likeness (QED) is 0.561. The van der Waals surface area contributed by atoms with E-state index in [9.17, 15) is 0 Å². The zero-order chi connectivity index (χ0) is 13.5. The third kappa shape index (κ3) is 3.32. The van der Waals surface area contributed by atoms with Crippen molar-refractivity contribution < 1.29 is 13.9 Å². The van der Waals surface area contributed by atoms with E-state index in [4.69, 9.17) is 20.3 Å². The number of ether oxygens (including phenoxy) is 2. The summed E-state index contributed by atoms with van der Waals surface area (Å²) < 4.78 is 17.5. The highest BCUT2D eigenvalue weighted by atomic mass is 28.4. The first-order chi connectivity index (χ1) is 7.48. The van der Waals surface area contributed by atoms with E-state index in [-0.39, 0.29) is 5.04 Å². The molecule has 1 rings (SSSR count). The van der Waals surface area contributed by atoms with Gasteiger partial charge in [0.25, 0.3) is 0 Å². The van der Waals surface area contributed by atoms with Crippen molar-refractivity contribution in [2.75, 3.05) is 0 Å².